The number of amides is 1. The third-order valence-corrected chi connectivity index (χ3v) is 4.17. The van der Waals surface area contributed by atoms with E-state index in [9.17, 15) is 13.8 Å². The van der Waals surface area contributed by atoms with Gasteiger partial charge >= 0.3 is 0 Å². The Labute approximate surface area is 116 Å². The fraction of sp³-hybridized carbons (Fsp3) is 0.429. The standard InChI is InChI=1S/C14H19NO3S/c1-9-5-11(3)12(6-10(9)2)13(16)7-19(18)8-14(17)15-4/h5-6H,7-8H2,1-4H3,(H,15,17). The van der Waals surface area contributed by atoms with Crippen molar-refractivity contribution < 1.29 is 13.8 Å². The van der Waals surface area contributed by atoms with Crippen molar-refractivity contribution >= 4 is 22.5 Å². The summed E-state index contributed by atoms with van der Waals surface area (Å²) in [5, 5.41) is 2.39. The number of benzene rings is 1. The Hall–Kier alpha value is -1.49. The highest BCUT2D eigenvalue weighted by Gasteiger charge is 2.15. The number of nitrogens with one attached hydrogen (secondary N) is 1. The molecule has 0 saturated carbocycles. The molecule has 1 atom stereocenters. The minimum Gasteiger partial charge on any atom is -0.358 e. The zero-order valence-corrected chi connectivity index (χ0v) is 12.5. The van der Waals surface area contributed by atoms with Crippen LogP contribution in [-0.2, 0) is 15.6 Å². The molecule has 0 heterocycles. The first-order chi connectivity index (χ1) is 8.85. The molecule has 0 saturated heterocycles. The smallest absolute Gasteiger partial charge is 0.232 e. The van der Waals surface area contributed by atoms with Crippen LogP contribution < -0.4 is 5.32 Å². The van der Waals surface area contributed by atoms with E-state index in [1.807, 2.05) is 32.9 Å². The molecule has 1 amide bonds. The van der Waals surface area contributed by atoms with Crippen molar-refractivity contribution in [3.63, 3.8) is 0 Å². The second kappa shape index (κ2) is 6.61. The molecule has 1 N–H and O–H groups in total. The Balaban J connectivity index is 2.82. The number of carbonyl (C=O) groups excluding carboxylic acids is 2. The van der Waals surface area contributed by atoms with Crippen LogP contribution in [-0.4, -0.2) is 34.5 Å². The topological polar surface area (TPSA) is 63.2 Å². The van der Waals surface area contributed by atoms with E-state index in [-0.39, 0.29) is 23.2 Å². The second-order valence-electron chi connectivity index (χ2n) is 4.58. The molecule has 104 valence electrons. The van der Waals surface area contributed by atoms with Crippen LogP contribution in [0.15, 0.2) is 12.1 Å². The molecule has 5 heteroatoms. The van der Waals surface area contributed by atoms with Crippen molar-refractivity contribution in [1.82, 2.24) is 5.32 Å². The molecule has 0 aliphatic rings. The maximum Gasteiger partial charge on any atom is 0.232 e. The summed E-state index contributed by atoms with van der Waals surface area (Å²) in [7, 11) is 0.0186. The van der Waals surface area contributed by atoms with Gasteiger partial charge in [-0.05, 0) is 43.5 Å². The summed E-state index contributed by atoms with van der Waals surface area (Å²) in [6, 6.07) is 3.77. The maximum atomic E-state index is 12.1. The Morgan fingerprint density at radius 2 is 1.63 bits per heavy atom. The van der Waals surface area contributed by atoms with E-state index < -0.39 is 10.8 Å². The van der Waals surface area contributed by atoms with Crippen LogP contribution in [0.3, 0.4) is 0 Å². The minimum absolute atomic E-state index is 0.114. The molecule has 19 heavy (non-hydrogen) atoms. The van der Waals surface area contributed by atoms with Crippen LogP contribution in [0, 0.1) is 20.8 Å². The minimum atomic E-state index is -1.46. The van der Waals surface area contributed by atoms with Gasteiger partial charge < -0.3 is 5.32 Å². The van der Waals surface area contributed by atoms with E-state index in [4.69, 9.17) is 0 Å². The highest BCUT2D eigenvalue weighted by molar-refractivity contribution is 7.86. The van der Waals surface area contributed by atoms with Gasteiger partial charge in [-0.2, -0.15) is 0 Å². The molecular weight excluding hydrogens is 262 g/mol. The molecule has 0 fully saturated rings. The van der Waals surface area contributed by atoms with Crippen LogP contribution >= 0.6 is 0 Å². The first kappa shape index (κ1) is 15.6. The van der Waals surface area contributed by atoms with E-state index in [0.717, 1.165) is 16.7 Å². The van der Waals surface area contributed by atoms with Crippen molar-refractivity contribution in [2.24, 2.45) is 0 Å². The first-order valence-corrected chi connectivity index (χ1v) is 7.50. The van der Waals surface area contributed by atoms with Gasteiger partial charge in [0.2, 0.25) is 5.91 Å². The van der Waals surface area contributed by atoms with E-state index >= 15 is 0 Å². The van der Waals surface area contributed by atoms with Gasteiger partial charge in [-0.15, -0.1) is 0 Å². The molecule has 0 aromatic heterocycles. The molecular formula is C14H19NO3S. The maximum absolute atomic E-state index is 12.1. The van der Waals surface area contributed by atoms with Crippen LogP contribution in [0.5, 0.6) is 0 Å². The Bertz CT molecular complexity index is 538. The third-order valence-electron chi connectivity index (χ3n) is 3.00. The molecule has 1 aromatic carbocycles. The third kappa shape index (κ3) is 4.28. The van der Waals surface area contributed by atoms with Gasteiger partial charge in [-0.25, -0.2) is 0 Å². The average molecular weight is 281 g/mol. The Morgan fingerprint density at radius 1 is 1.05 bits per heavy atom. The molecule has 1 unspecified atom stereocenters. The molecule has 0 bridgehead atoms. The number of hydrogen-bond acceptors (Lipinski definition) is 3. The molecule has 0 aliphatic heterocycles. The van der Waals surface area contributed by atoms with Gasteiger partial charge in [0.15, 0.2) is 5.78 Å². The van der Waals surface area contributed by atoms with Crippen molar-refractivity contribution in [3.8, 4) is 0 Å². The van der Waals surface area contributed by atoms with E-state index in [0.29, 0.717) is 5.56 Å². The van der Waals surface area contributed by atoms with Crippen molar-refractivity contribution in [3.05, 3.63) is 34.4 Å². The van der Waals surface area contributed by atoms with Crippen LogP contribution in [0.4, 0.5) is 0 Å². The number of Topliss-reactive ketones (excluding diaryl/α,β-unsaturated/α-hetero) is 1. The molecule has 0 aliphatic carbocycles. The number of rotatable bonds is 5. The number of ketones is 1. The van der Waals surface area contributed by atoms with E-state index in [1.165, 1.54) is 7.05 Å². The van der Waals surface area contributed by atoms with Crippen LogP contribution in [0.1, 0.15) is 27.0 Å². The fourth-order valence-corrected chi connectivity index (χ4v) is 2.74. The lowest BCUT2D eigenvalue weighted by Crippen LogP contribution is -2.27. The normalized spacial score (nSPS) is 12.0. The highest BCUT2D eigenvalue weighted by atomic mass is 32.2. The molecule has 4 nitrogen and oxygen atoms in total. The van der Waals surface area contributed by atoms with Crippen LogP contribution in [0.2, 0.25) is 0 Å². The predicted octanol–water partition coefficient (Wildman–Crippen LogP) is 1.29. The molecule has 0 radical (unpaired) electrons. The van der Waals surface area contributed by atoms with Gasteiger partial charge in [0.25, 0.3) is 0 Å². The summed E-state index contributed by atoms with van der Waals surface area (Å²) < 4.78 is 11.7. The van der Waals surface area contributed by atoms with Crippen molar-refractivity contribution in [1.29, 1.82) is 0 Å². The lowest BCUT2D eigenvalue weighted by Gasteiger charge is -2.09. The van der Waals surface area contributed by atoms with Gasteiger partial charge in [0.05, 0.1) is 5.75 Å². The number of hydrogen-bond donors (Lipinski definition) is 1. The lowest BCUT2D eigenvalue weighted by atomic mass is 9.99. The summed E-state index contributed by atoms with van der Waals surface area (Å²) in [5.74, 6) is -0.742. The zero-order chi connectivity index (χ0) is 14.6. The average Bonchev–Trinajstić information content (AvgIpc) is 2.33. The van der Waals surface area contributed by atoms with Gasteiger partial charge in [0, 0.05) is 23.4 Å². The van der Waals surface area contributed by atoms with Gasteiger partial charge in [-0.3, -0.25) is 13.8 Å². The largest absolute Gasteiger partial charge is 0.358 e. The monoisotopic (exact) mass is 281 g/mol. The Morgan fingerprint density at radius 3 is 2.21 bits per heavy atom. The number of carbonyl (C=O) groups is 2. The molecule has 0 spiro atoms. The van der Waals surface area contributed by atoms with Gasteiger partial charge in [-0.1, -0.05) is 6.07 Å². The first-order valence-electron chi connectivity index (χ1n) is 6.01. The summed E-state index contributed by atoms with van der Waals surface area (Å²) in [6.45, 7) is 5.79. The van der Waals surface area contributed by atoms with Crippen LogP contribution in [0.25, 0.3) is 0 Å². The van der Waals surface area contributed by atoms with E-state index in [2.05, 4.69) is 5.32 Å². The van der Waals surface area contributed by atoms with Crippen molar-refractivity contribution in [2.45, 2.75) is 20.8 Å². The quantitative estimate of drug-likeness (QED) is 0.827. The highest BCUT2D eigenvalue weighted by Crippen LogP contribution is 2.16. The van der Waals surface area contributed by atoms with Gasteiger partial charge in [0.1, 0.15) is 5.75 Å². The fourth-order valence-electron chi connectivity index (χ4n) is 1.75. The summed E-state index contributed by atoms with van der Waals surface area (Å²) >= 11 is 0. The summed E-state index contributed by atoms with van der Waals surface area (Å²) in [4.78, 5) is 23.2. The Kier molecular flexibility index (Phi) is 5.42. The lowest BCUT2D eigenvalue weighted by molar-refractivity contribution is -0.118. The summed E-state index contributed by atoms with van der Waals surface area (Å²) in [5.41, 5.74) is 3.63. The predicted molar refractivity (Wildman–Crippen MR) is 76.9 cm³/mol. The zero-order valence-electron chi connectivity index (χ0n) is 11.7. The van der Waals surface area contributed by atoms with Crippen molar-refractivity contribution in [2.75, 3.05) is 18.6 Å². The number of aryl methyl sites for hydroxylation is 3. The SMILES string of the molecule is CNC(=O)CS(=O)CC(=O)c1cc(C)c(C)cc1C. The van der Waals surface area contributed by atoms with E-state index in [1.54, 1.807) is 0 Å². The second-order valence-corrected chi connectivity index (χ2v) is 6.03. The summed E-state index contributed by atoms with van der Waals surface area (Å²) in [6.07, 6.45) is 0. The molecule has 1 aromatic rings. The molecule has 1 rings (SSSR count).